The molecule has 3 nitrogen and oxygen atoms in total. The SMILES string of the molecule is CCc1c(CO)cnn1-c1ccccc1. The maximum Gasteiger partial charge on any atom is 0.0715 e. The number of aliphatic hydroxyl groups is 1. The van der Waals surface area contributed by atoms with Gasteiger partial charge in [-0.15, -0.1) is 0 Å². The zero-order chi connectivity index (χ0) is 10.7. The standard InChI is InChI=1S/C12H14N2O/c1-2-12-10(9-15)8-13-14(12)11-6-4-3-5-7-11/h3-8,15H,2,9H2,1H3. The van der Waals surface area contributed by atoms with Crippen LogP contribution in [0.3, 0.4) is 0 Å². The lowest BCUT2D eigenvalue weighted by Crippen LogP contribution is -2.02. The lowest BCUT2D eigenvalue weighted by atomic mass is 10.2. The van der Waals surface area contributed by atoms with Gasteiger partial charge in [-0.3, -0.25) is 0 Å². The van der Waals surface area contributed by atoms with Crippen LogP contribution >= 0.6 is 0 Å². The predicted octanol–water partition coefficient (Wildman–Crippen LogP) is 1.93. The van der Waals surface area contributed by atoms with E-state index in [4.69, 9.17) is 5.11 Å². The summed E-state index contributed by atoms with van der Waals surface area (Å²) in [6.07, 6.45) is 2.59. The van der Waals surface area contributed by atoms with Gasteiger partial charge in [-0.1, -0.05) is 25.1 Å². The Labute approximate surface area is 89.0 Å². The van der Waals surface area contributed by atoms with Crippen LogP contribution in [0, 0.1) is 0 Å². The van der Waals surface area contributed by atoms with E-state index in [0.29, 0.717) is 0 Å². The number of benzene rings is 1. The fourth-order valence-corrected chi connectivity index (χ4v) is 1.71. The molecule has 78 valence electrons. The molecule has 1 heterocycles. The van der Waals surface area contributed by atoms with Crippen molar-refractivity contribution in [2.75, 3.05) is 0 Å². The number of aliphatic hydroxyl groups excluding tert-OH is 1. The summed E-state index contributed by atoms with van der Waals surface area (Å²) in [7, 11) is 0. The van der Waals surface area contributed by atoms with Crippen LogP contribution in [0.4, 0.5) is 0 Å². The van der Waals surface area contributed by atoms with Crippen molar-refractivity contribution in [2.45, 2.75) is 20.0 Å². The minimum absolute atomic E-state index is 0.0516. The van der Waals surface area contributed by atoms with Crippen molar-refractivity contribution in [3.05, 3.63) is 47.8 Å². The second kappa shape index (κ2) is 4.28. The van der Waals surface area contributed by atoms with Gasteiger partial charge in [0.1, 0.15) is 0 Å². The van der Waals surface area contributed by atoms with Crippen LogP contribution in [0.15, 0.2) is 36.5 Å². The summed E-state index contributed by atoms with van der Waals surface area (Å²) in [6.45, 7) is 2.12. The molecule has 0 spiro atoms. The second-order valence-electron chi connectivity index (χ2n) is 3.38. The van der Waals surface area contributed by atoms with Gasteiger partial charge in [0.15, 0.2) is 0 Å². The summed E-state index contributed by atoms with van der Waals surface area (Å²) >= 11 is 0. The highest BCUT2D eigenvalue weighted by Crippen LogP contribution is 2.15. The molecule has 1 N–H and O–H groups in total. The van der Waals surface area contributed by atoms with E-state index in [0.717, 1.165) is 23.4 Å². The molecule has 1 aromatic carbocycles. The van der Waals surface area contributed by atoms with Gasteiger partial charge in [-0.25, -0.2) is 4.68 Å². The average molecular weight is 202 g/mol. The minimum atomic E-state index is 0.0516. The summed E-state index contributed by atoms with van der Waals surface area (Å²) in [5.41, 5.74) is 3.01. The summed E-state index contributed by atoms with van der Waals surface area (Å²) in [5, 5.41) is 13.4. The molecule has 0 fully saturated rings. The van der Waals surface area contributed by atoms with Gasteiger partial charge in [0.05, 0.1) is 18.5 Å². The van der Waals surface area contributed by atoms with Crippen LogP contribution in [0.5, 0.6) is 0 Å². The molecule has 0 aliphatic rings. The molecule has 15 heavy (non-hydrogen) atoms. The van der Waals surface area contributed by atoms with Crippen LogP contribution < -0.4 is 0 Å². The van der Waals surface area contributed by atoms with E-state index in [1.54, 1.807) is 6.20 Å². The topological polar surface area (TPSA) is 38.1 Å². The second-order valence-corrected chi connectivity index (χ2v) is 3.38. The van der Waals surface area contributed by atoms with Crippen molar-refractivity contribution < 1.29 is 5.11 Å². The van der Waals surface area contributed by atoms with E-state index in [2.05, 4.69) is 12.0 Å². The van der Waals surface area contributed by atoms with E-state index in [9.17, 15) is 0 Å². The summed E-state index contributed by atoms with van der Waals surface area (Å²) in [6, 6.07) is 9.95. The third-order valence-electron chi connectivity index (χ3n) is 2.46. The molecule has 0 bridgehead atoms. The number of hydrogen-bond donors (Lipinski definition) is 1. The third-order valence-corrected chi connectivity index (χ3v) is 2.46. The van der Waals surface area contributed by atoms with Crippen molar-refractivity contribution >= 4 is 0 Å². The van der Waals surface area contributed by atoms with Crippen LogP contribution in [-0.4, -0.2) is 14.9 Å². The normalized spacial score (nSPS) is 10.5. The number of nitrogens with zero attached hydrogens (tertiary/aromatic N) is 2. The highest BCUT2D eigenvalue weighted by Gasteiger charge is 2.08. The predicted molar refractivity (Wildman–Crippen MR) is 58.9 cm³/mol. The first kappa shape index (κ1) is 9.93. The molecule has 1 aromatic heterocycles. The van der Waals surface area contributed by atoms with Gasteiger partial charge in [0.2, 0.25) is 0 Å². The largest absolute Gasteiger partial charge is 0.392 e. The Morgan fingerprint density at radius 1 is 1.27 bits per heavy atom. The van der Waals surface area contributed by atoms with E-state index in [1.165, 1.54) is 0 Å². The lowest BCUT2D eigenvalue weighted by Gasteiger charge is -2.06. The quantitative estimate of drug-likeness (QED) is 0.825. The summed E-state index contributed by atoms with van der Waals surface area (Å²) in [5.74, 6) is 0. The van der Waals surface area contributed by atoms with E-state index < -0.39 is 0 Å². The maximum atomic E-state index is 9.16. The molecule has 3 heteroatoms. The van der Waals surface area contributed by atoms with Crippen molar-refractivity contribution in [3.63, 3.8) is 0 Å². The molecule has 0 saturated heterocycles. The highest BCUT2D eigenvalue weighted by molar-refractivity contribution is 5.34. The Hall–Kier alpha value is -1.61. The van der Waals surface area contributed by atoms with Crippen LogP contribution in [-0.2, 0) is 13.0 Å². The molecule has 0 amide bonds. The van der Waals surface area contributed by atoms with E-state index in [-0.39, 0.29) is 6.61 Å². The van der Waals surface area contributed by atoms with Crippen LogP contribution in [0.2, 0.25) is 0 Å². The molecule has 0 aliphatic heterocycles. The van der Waals surface area contributed by atoms with Crippen molar-refractivity contribution in [1.29, 1.82) is 0 Å². The van der Waals surface area contributed by atoms with Crippen LogP contribution in [0.25, 0.3) is 5.69 Å². The molecule has 0 saturated carbocycles. The van der Waals surface area contributed by atoms with Crippen molar-refractivity contribution in [2.24, 2.45) is 0 Å². The maximum absolute atomic E-state index is 9.16. The Kier molecular flexibility index (Phi) is 2.83. The van der Waals surface area contributed by atoms with Gasteiger partial charge >= 0.3 is 0 Å². The monoisotopic (exact) mass is 202 g/mol. The van der Waals surface area contributed by atoms with Crippen molar-refractivity contribution in [3.8, 4) is 5.69 Å². The Bertz CT molecular complexity index is 434. The first-order valence-electron chi connectivity index (χ1n) is 5.09. The first-order valence-corrected chi connectivity index (χ1v) is 5.09. The van der Waals surface area contributed by atoms with Crippen molar-refractivity contribution in [1.82, 2.24) is 9.78 Å². The molecular weight excluding hydrogens is 188 g/mol. The fraction of sp³-hybridized carbons (Fsp3) is 0.250. The van der Waals surface area contributed by atoms with Gasteiger partial charge in [-0.05, 0) is 18.6 Å². The Morgan fingerprint density at radius 3 is 2.60 bits per heavy atom. The Morgan fingerprint density at radius 2 is 2.00 bits per heavy atom. The van der Waals surface area contributed by atoms with Gasteiger partial charge in [0, 0.05) is 11.3 Å². The molecule has 0 atom stereocenters. The number of para-hydroxylation sites is 1. The van der Waals surface area contributed by atoms with Gasteiger partial charge in [-0.2, -0.15) is 5.10 Å². The zero-order valence-corrected chi connectivity index (χ0v) is 8.72. The number of rotatable bonds is 3. The lowest BCUT2D eigenvalue weighted by molar-refractivity contribution is 0.280. The zero-order valence-electron chi connectivity index (χ0n) is 8.72. The van der Waals surface area contributed by atoms with E-state index in [1.807, 2.05) is 35.0 Å². The van der Waals surface area contributed by atoms with Gasteiger partial charge < -0.3 is 5.11 Å². The summed E-state index contributed by atoms with van der Waals surface area (Å²) in [4.78, 5) is 0. The minimum Gasteiger partial charge on any atom is -0.392 e. The fourth-order valence-electron chi connectivity index (χ4n) is 1.71. The number of aromatic nitrogens is 2. The highest BCUT2D eigenvalue weighted by atomic mass is 16.3. The third kappa shape index (κ3) is 1.78. The smallest absolute Gasteiger partial charge is 0.0715 e. The molecule has 0 unspecified atom stereocenters. The Balaban J connectivity index is 2.49. The molecule has 2 rings (SSSR count). The molecule has 2 aromatic rings. The molecular formula is C12H14N2O. The first-order chi connectivity index (χ1) is 7.36. The van der Waals surface area contributed by atoms with Crippen LogP contribution in [0.1, 0.15) is 18.2 Å². The molecule has 0 radical (unpaired) electrons. The number of hydrogen-bond acceptors (Lipinski definition) is 2. The summed E-state index contributed by atoms with van der Waals surface area (Å²) < 4.78 is 1.88. The average Bonchev–Trinajstić information content (AvgIpc) is 2.72. The van der Waals surface area contributed by atoms with Gasteiger partial charge in [0.25, 0.3) is 0 Å². The molecule has 0 aliphatic carbocycles. The van der Waals surface area contributed by atoms with E-state index >= 15 is 0 Å².